The van der Waals surface area contributed by atoms with Crippen molar-refractivity contribution in [2.24, 2.45) is 0 Å². The van der Waals surface area contributed by atoms with E-state index in [1.54, 1.807) is 0 Å². The van der Waals surface area contributed by atoms with Crippen molar-refractivity contribution in [2.75, 3.05) is 24.5 Å². The van der Waals surface area contributed by atoms with Gasteiger partial charge < -0.3 is 15.1 Å². The molecule has 2 fully saturated rings. The van der Waals surface area contributed by atoms with Gasteiger partial charge in [0.05, 0.1) is 6.04 Å². The predicted molar refractivity (Wildman–Crippen MR) is 92.9 cm³/mol. The zero-order valence-electron chi connectivity index (χ0n) is 13.8. The van der Waals surface area contributed by atoms with Crippen molar-refractivity contribution in [1.82, 2.24) is 10.2 Å². The number of hydrogen-bond acceptors (Lipinski definition) is 2. The van der Waals surface area contributed by atoms with E-state index in [9.17, 15) is 4.79 Å². The molecule has 2 aliphatic heterocycles. The Labute approximate surface area is 138 Å². The fourth-order valence-electron chi connectivity index (χ4n) is 4.27. The third-order valence-electron chi connectivity index (χ3n) is 5.67. The van der Waals surface area contributed by atoms with E-state index in [4.69, 9.17) is 0 Å². The van der Waals surface area contributed by atoms with Crippen molar-refractivity contribution in [3.63, 3.8) is 0 Å². The van der Waals surface area contributed by atoms with Crippen molar-refractivity contribution >= 4 is 11.7 Å². The number of amides is 2. The summed E-state index contributed by atoms with van der Waals surface area (Å²) in [4.78, 5) is 16.9. The fourth-order valence-corrected chi connectivity index (χ4v) is 4.27. The maximum Gasteiger partial charge on any atom is 0.317 e. The van der Waals surface area contributed by atoms with Gasteiger partial charge in [0.2, 0.25) is 0 Å². The van der Waals surface area contributed by atoms with Crippen LogP contribution in [0.25, 0.3) is 0 Å². The number of carbonyl (C=O) groups excluding carboxylic acids is 1. The maximum atomic E-state index is 12.4. The number of hydrogen-bond donors (Lipinski definition) is 1. The minimum Gasteiger partial charge on any atom is -0.365 e. The van der Waals surface area contributed by atoms with Gasteiger partial charge in [-0.1, -0.05) is 37.5 Å². The minimum atomic E-state index is 0.151. The molecule has 4 nitrogen and oxygen atoms in total. The zero-order valence-corrected chi connectivity index (χ0v) is 13.8. The molecule has 0 radical (unpaired) electrons. The first-order valence-corrected chi connectivity index (χ1v) is 9.21. The van der Waals surface area contributed by atoms with Gasteiger partial charge in [-0.05, 0) is 37.3 Å². The van der Waals surface area contributed by atoms with Gasteiger partial charge in [0, 0.05) is 31.4 Å². The molecule has 1 saturated carbocycles. The average Bonchev–Trinajstić information content (AvgIpc) is 2.55. The Bertz CT molecular complexity index is 561. The van der Waals surface area contributed by atoms with Crippen LogP contribution in [0.3, 0.4) is 0 Å². The number of likely N-dealkylation sites (tertiary alicyclic amines) is 1. The number of nitrogens with one attached hydrogen (secondary N) is 1. The second-order valence-corrected chi connectivity index (χ2v) is 7.27. The number of benzene rings is 1. The van der Waals surface area contributed by atoms with Gasteiger partial charge in [-0.3, -0.25) is 0 Å². The fraction of sp³-hybridized carbons (Fsp3) is 0.632. The van der Waals surface area contributed by atoms with E-state index in [1.165, 1.54) is 43.4 Å². The molecule has 0 atom stereocenters. The van der Waals surface area contributed by atoms with Crippen molar-refractivity contribution in [1.29, 1.82) is 0 Å². The Balaban J connectivity index is 1.32. The standard InChI is InChI=1S/C19H27N3O/c23-19(20-16-9-2-1-3-10-16)21-13-17(14-21)22-12-6-8-15-7-4-5-11-18(15)22/h4-5,7,11,16-17H,1-3,6,8-10,12-14H2,(H,20,23). The number of carbonyl (C=O) groups is 1. The van der Waals surface area contributed by atoms with Gasteiger partial charge in [0.15, 0.2) is 0 Å². The average molecular weight is 313 g/mol. The molecule has 2 amide bonds. The summed E-state index contributed by atoms with van der Waals surface area (Å²) in [5, 5.41) is 3.23. The van der Waals surface area contributed by atoms with Gasteiger partial charge in [-0.2, -0.15) is 0 Å². The molecule has 4 rings (SSSR count). The third kappa shape index (κ3) is 3.04. The van der Waals surface area contributed by atoms with E-state index in [1.807, 2.05) is 4.90 Å². The third-order valence-corrected chi connectivity index (χ3v) is 5.67. The monoisotopic (exact) mass is 313 g/mol. The Morgan fingerprint density at radius 3 is 2.65 bits per heavy atom. The van der Waals surface area contributed by atoms with E-state index in [-0.39, 0.29) is 6.03 Å². The predicted octanol–water partition coefficient (Wildman–Crippen LogP) is 3.17. The largest absolute Gasteiger partial charge is 0.365 e. The molecule has 0 aromatic heterocycles. The number of fused-ring (bicyclic) bond motifs is 1. The Morgan fingerprint density at radius 2 is 1.83 bits per heavy atom. The molecule has 0 bridgehead atoms. The van der Waals surface area contributed by atoms with Crippen LogP contribution in [-0.2, 0) is 6.42 Å². The molecular weight excluding hydrogens is 286 g/mol. The highest BCUT2D eigenvalue weighted by atomic mass is 16.2. The Kier molecular flexibility index (Phi) is 4.15. The number of aryl methyl sites for hydroxylation is 1. The van der Waals surface area contributed by atoms with Crippen LogP contribution in [0.15, 0.2) is 24.3 Å². The summed E-state index contributed by atoms with van der Waals surface area (Å²) in [5.74, 6) is 0. The lowest BCUT2D eigenvalue weighted by molar-refractivity contribution is 0.143. The molecule has 3 aliphatic rings. The molecule has 1 N–H and O–H groups in total. The lowest BCUT2D eigenvalue weighted by Gasteiger charge is -2.48. The van der Waals surface area contributed by atoms with Crippen molar-refractivity contribution in [3.05, 3.63) is 29.8 Å². The highest BCUT2D eigenvalue weighted by Crippen LogP contribution is 2.31. The Hall–Kier alpha value is -1.71. The van der Waals surface area contributed by atoms with Crippen LogP contribution in [0, 0.1) is 0 Å². The van der Waals surface area contributed by atoms with Gasteiger partial charge >= 0.3 is 6.03 Å². The van der Waals surface area contributed by atoms with E-state index < -0.39 is 0 Å². The number of rotatable bonds is 2. The summed E-state index contributed by atoms with van der Waals surface area (Å²) in [7, 11) is 0. The Morgan fingerprint density at radius 1 is 1.04 bits per heavy atom. The van der Waals surface area contributed by atoms with Gasteiger partial charge in [0.1, 0.15) is 0 Å². The highest BCUT2D eigenvalue weighted by molar-refractivity contribution is 5.76. The quantitative estimate of drug-likeness (QED) is 0.910. The van der Waals surface area contributed by atoms with Crippen molar-refractivity contribution in [2.45, 2.75) is 57.0 Å². The van der Waals surface area contributed by atoms with Gasteiger partial charge in [-0.15, -0.1) is 0 Å². The van der Waals surface area contributed by atoms with Crippen LogP contribution in [-0.4, -0.2) is 42.6 Å². The summed E-state index contributed by atoms with van der Waals surface area (Å²) in [6.07, 6.45) is 8.57. The number of anilines is 1. The summed E-state index contributed by atoms with van der Waals surface area (Å²) >= 11 is 0. The minimum absolute atomic E-state index is 0.151. The molecule has 1 saturated heterocycles. The van der Waals surface area contributed by atoms with Crippen LogP contribution >= 0.6 is 0 Å². The molecule has 1 aliphatic carbocycles. The first-order valence-electron chi connectivity index (χ1n) is 9.21. The zero-order chi connectivity index (χ0) is 15.6. The molecule has 23 heavy (non-hydrogen) atoms. The van der Waals surface area contributed by atoms with E-state index in [0.717, 1.165) is 32.5 Å². The molecule has 124 valence electrons. The molecule has 0 unspecified atom stereocenters. The summed E-state index contributed by atoms with van der Waals surface area (Å²) in [5.41, 5.74) is 2.85. The first kappa shape index (κ1) is 14.9. The summed E-state index contributed by atoms with van der Waals surface area (Å²) in [6, 6.07) is 9.79. The van der Waals surface area contributed by atoms with Crippen LogP contribution in [0.1, 0.15) is 44.1 Å². The summed E-state index contributed by atoms with van der Waals surface area (Å²) in [6.45, 7) is 2.86. The molecule has 4 heteroatoms. The number of urea groups is 1. The lowest BCUT2D eigenvalue weighted by Crippen LogP contribution is -2.64. The van der Waals surface area contributed by atoms with Crippen LogP contribution in [0.4, 0.5) is 10.5 Å². The van der Waals surface area contributed by atoms with Crippen LogP contribution < -0.4 is 10.2 Å². The number of nitrogens with zero attached hydrogens (tertiary/aromatic N) is 2. The number of para-hydroxylation sites is 1. The molecular formula is C19H27N3O. The SMILES string of the molecule is O=C(NC1CCCCC1)N1CC(N2CCCc3ccccc32)C1. The molecule has 0 spiro atoms. The van der Waals surface area contributed by atoms with Crippen LogP contribution in [0.2, 0.25) is 0 Å². The summed E-state index contributed by atoms with van der Waals surface area (Å²) < 4.78 is 0. The molecule has 1 aromatic carbocycles. The van der Waals surface area contributed by atoms with Crippen molar-refractivity contribution in [3.8, 4) is 0 Å². The normalized spacial score (nSPS) is 22.4. The van der Waals surface area contributed by atoms with Crippen LogP contribution in [0.5, 0.6) is 0 Å². The van der Waals surface area contributed by atoms with E-state index in [0.29, 0.717) is 12.1 Å². The topological polar surface area (TPSA) is 35.6 Å². The van der Waals surface area contributed by atoms with E-state index >= 15 is 0 Å². The lowest BCUT2D eigenvalue weighted by atomic mass is 9.95. The first-order chi connectivity index (χ1) is 11.3. The van der Waals surface area contributed by atoms with Gasteiger partial charge in [0.25, 0.3) is 0 Å². The van der Waals surface area contributed by atoms with Crippen molar-refractivity contribution < 1.29 is 4.79 Å². The molecule has 1 aromatic rings. The van der Waals surface area contributed by atoms with Gasteiger partial charge in [-0.25, -0.2) is 4.79 Å². The second kappa shape index (κ2) is 6.42. The smallest absolute Gasteiger partial charge is 0.317 e. The maximum absolute atomic E-state index is 12.4. The molecule has 2 heterocycles. The van der Waals surface area contributed by atoms with E-state index in [2.05, 4.69) is 34.5 Å². The second-order valence-electron chi connectivity index (χ2n) is 7.27. The highest BCUT2D eigenvalue weighted by Gasteiger charge is 2.37.